The molecule has 2 saturated heterocycles. The van der Waals surface area contributed by atoms with Crippen molar-refractivity contribution in [3.8, 4) is 0 Å². The summed E-state index contributed by atoms with van der Waals surface area (Å²) in [5.74, 6) is 0.381. The average molecular weight is 395 g/mol. The Bertz CT molecular complexity index is 728. The predicted octanol–water partition coefficient (Wildman–Crippen LogP) is 3.48. The highest BCUT2D eigenvalue weighted by atomic mass is 32.2. The number of rotatable bonds is 4. The zero-order valence-corrected chi connectivity index (χ0v) is 16.8. The molecular formula is C19H30N4O3S. The van der Waals surface area contributed by atoms with Crippen LogP contribution >= 0.6 is 0 Å². The molecule has 2 N–H and O–H groups in total. The summed E-state index contributed by atoms with van der Waals surface area (Å²) in [7, 11) is -3.54. The molecule has 0 saturated carbocycles. The van der Waals surface area contributed by atoms with Crippen LogP contribution in [0.1, 0.15) is 45.4 Å². The zero-order valence-electron chi connectivity index (χ0n) is 16.0. The number of likely N-dealkylation sites (tertiary alicyclic amines) is 1. The third-order valence-corrected chi connectivity index (χ3v) is 6.74. The van der Waals surface area contributed by atoms with Crippen molar-refractivity contribution in [2.75, 3.05) is 36.2 Å². The number of urea groups is 1. The van der Waals surface area contributed by atoms with E-state index in [0.29, 0.717) is 30.4 Å². The molecule has 2 amide bonds. The molecule has 2 fully saturated rings. The molecular weight excluding hydrogens is 364 g/mol. The van der Waals surface area contributed by atoms with Gasteiger partial charge in [-0.2, -0.15) is 12.7 Å². The lowest BCUT2D eigenvalue weighted by Gasteiger charge is -2.30. The Morgan fingerprint density at radius 3 is 2.22 bits per heavy atom. The lowest BCUT2D eigenvalue weighted by atomic mass is 10.0. The maximum absolute atomic E-state index is 12.5. The maximum atomic E-state index is 12.5. The van der Waals surface area contributed by atoms with Crippen LogP contribution in [-0.2, 0) is 10.2 Å². The Morgan fingerprint density at radius 1 is 0.963 bits per heavy atom. The molecule has 2 heterocycles. The van der Waals surface area contributed by atoms with Crippen LogP contribution in [0.4, 0.5) is 16.2 Å². The van der Waals surface area contributed by atoms with Crippen LogP contribution in [0.3, 0.4) is 0 Å². The Kier molecular flexibility index (Phi) is 6.59. The first-order valence-electron chi connectivity index (χ1n) is 9.88. The molecule has 0 aliphatic carbocycles. The molecule has 27 heavy (non-hydrogen) atoms. The number of hydrogen-bond donors (Lipinski definition) is 2. The molecule has 1 atom stereocenters. The summed E-state index contributed by atoms with van der Waals surface area (Å²) in [6.45, 7) is 4.77. The van der Waals surface area contributed by atoms with Gasteiger partial charge in [0.05, 0.1) is 0 Å². The van der Waals surface area contributed by atoms with Gasteiger partial charge >= 0.3 is 16.2 Å². The van der Waals surface area contributed by atoms with Gasteiger partial charge in [0.2, 0.25) is 0 Å². The van der Waals surface area contributed by atoms with Gasteiger partial charge in [-0.3, -0.25) is 4.72 Å². The summed E-state index contributed by atoms with van der Waals surface area (Å²) < 4.78 is 29.2. The SMILES string of the molecule is CC1CCCN(S(=O)(=O)Nc2ccc(NC(=O)N3CCCCCC3)cc2)C1. The number of amides is 2. The minimum atomic E-state index is -3.54. The zero-order chi connectivity index (χ0) is 19.3. The Labute approximate surface area is 162 Å². The minimum absolute atomic E-state index is 0.0902. The number of carbonyl (C=O) groups excluding carboxylic acids is 1. The molecule has 0 spiro atoms. The van der Waals surface area contributed by atoms with Crippen molar-refractivity contribution < 1.29 is 13.2 Å². The predicted molar refractivity (Wildman–Crippen MR) is 108 cm³/mol. The maximum Gasteiger partial charge on any atom is 0.321 e. The molecule has 8 heteroatoms. The second-order valence-electron chi connectivity index (χ2n) is 7.62. The number of anilines is 2. The van der Waals surface area contributed by atoms with Gasteiger partial charge in [-0.1, -0.05) is 19.8 Å². The molecule has 1 aromatic rings. The number of benzene rings is 1. The number of piperidine rings is 1. The smallest absolute Gasteiger partial charge is 0.321 e. The lowest BCUT2D eigenvalue weighted by molar-refractivity contribution is 0.214. The molecule has 0 aromatic heterocycles. The third kappa shape index (κ3) is 5.59. The van der Waals surface area contributed by atoms with Crippen LogP contribution in [0.2, 0.25) is 0 Å². The number of hydrogen-bond acceptors (Lipinski definition) is 3. The molecule has 2 aliphatic heterocycles. The fraction of sp³-hybridized carbons (Fsp3) is 0.632. The van der Waals surface area contributed by atoms with Crippen LogP contribution in [0.5, 0.6) is 0 Å². The Morgan fingerprint density at radius 2 is 1.59 bits per heavy atom. The highest BCUT2D eigenvalue weighted by Crippen LogP contribution is 2.21. The normalized spacial score (nSPS) is 22.1. The van der Waals surface area contributed by atoms with E-state index in [2.05, 4.69) is 17.0 Å². The molecule has 0 bridgehead atoms. The Hall–Kier alpha value is -1.80. The highest BCUT2D eigenvalue weighted by Gasteiger charge is 2.27. The monoisotopic (exact) mass is 394 g/mol. The number of nitrogens with zero attached hydrogens (tertiary/aromatic N) is 2. The molecule has 0 radical (unpaired) electrons. The highest BCUT2D eigenvalue weighted by molar-refractivity contribution is 7.90. The summed E-state index contributed by atoms with van der Waals surface area (Å²) in [6, 6.07) is 6.73. The van der Waals surface area contributed by atoms with E-state index in [1.54, 1.807) is 24.3 Å². The van der Waals surface area contributed by atoms with Crippen molar-refractivity contribution in [1.82, 2.24) is 9.21 Å². The first-order chi connectivity index (χ1) is 12.9. The summed E-state index contributed by atoms with van der Waals surface area (Å²) in [5.41, 5.74) is 1.17. The van der Waals surface area contributed by atoms with Crippen LogP contribution in [0.25, 0.3) is 0 Å². The molecule has 150 valence electrons. The molecule has 3 rings (SSSR count). The fourth-order valence-electron chi connectivity index (χ4n) is 3.68. The van der Waals surface area contributed by atoms with E-state index in [-0.39, 0.29) is 6.03 Å². The van der Waals surface area contributed by atoms with Gasteiger partial charge in [0.15, 0.2) is 0 Å². The van der Waals surface area contributed by atoms with Crippen molar-refractivity contribution in [2.24, 2.45) is 5.92 Å². The van der Waals surface area contributed by atoms with E-state index in [4.69, 9.17) is 0 Å². The van der Waals surface area contributed by atoms with E-state index in [1.807, 2.05) is 4.90 Å². The quantitative estimate of drug-likeness (QED) is 0.820. The minimum Gasteiger partial charge on any atom is -0.325 e. The second kappa shape index (κ2) is 8.93. The van der Waals surface area contributed by atoms with Gasteiger partial charge in [0, 0.05) is 37.6 Å². The van der Waals surface area contributed by atoms with Crippen molar-refractivity contribution in [1.29, 1.82) is 0 Å². The van der Waals surface area contributed by atoms with Gasteiger partial charge in [-0.15, -0.1) is 0 Å². The van der Waals surface area contributed by atoms with Crippen LogP contribution < -0.4 is 10.0 Å². The van der Waals surface area contributed by atoms with Crippen LogP contribution in [0, 0.1) is 5.92 Å². The van der Waals surface area contributed by atoms with E-state index in [1.165, 1.54) is 17.1 Å². The molecule has 7 nitrogen and oxygen atoms in total. The largest absolute Gasteiger partial charge is 0.325 e. The summed E-state index contributed by atoms with van der Waals surface area (Å²) >= 11 is 0. The molecule has 2 aliphatic rings. The number of nitrogens with one attached hydrogen (secondary N) is 2. The van der Waals surface area contributed by atoms with E-state index in [0.717, 1.165) is 38.8 Å². The Balaban J connectivity index is 1.57. The van der Waals surface area contributed by atoms with E-state index < -0.39 is 10.2 Å². The first kappa shape index (κ1) is 19.9. The van der Waals surface area contributed by atoms with E-state index in [9.17, 15) is 13.2 Å². The molecule has 1 unspecified atom stereocenters. The summed E-state index contributed by atoms with van der Waals surface area (Å²) in [5, 5.41) is 2.90. The van der Waals surface area contributed by atoms with Gasteiger partial charge < -0.3 is 10.2 Å². The van der Waals surface area contributed by atoms with Crippen molar-refractivity contribution >= 4 is 27.6 Å². The second-order valence-corrected chi connectivity index (χ2v) is 9.29. The van der Waals surface area contributed by atoms with Crippen molar-refractivity contribution in [3.63, 3.8) is 0 Å². The molecule has 1 aromatic carbocycles. The summed E-state index contributed by atoms with van der Waals surface area (Å²) in [4.78, 5) is 14.2. The van der Waals surface area contributed by atoms with Crippen LogP contribution in [0.15, 0.2) is 24.3 Å². The lowest BCUT2D eigenvalue weighted by Crippen LogP contribution is -2.42. The summed E-state index contributed by atoms with van der Waals surface area (Å²) in [6.07, 6.45) is 6.40. The van der Waals surface area contributed by atoms with Crippen molar-refractivity contribution in [3.05, 3.63) is 24.3 Å². The van der Waals surface area contributed by atoms with Crippen molar-refractivity contribution in [2.45, 2.75) is 45.4 Å². The van der Waals surface area contributed by atoms with Crippen LogP contribution in [-0.4, -0.2) is 49.8 Å². The van der Waals surface area contributed by atoms with Gasteiger partial charge in [0.25, 0.3) is 0 Å². The average Bonchev–Trinajstić information content (AvgIpc) is 2.93. The third-order valence-electron chi connectivity index (χ3n) is 5.24. The van der Waals surface area contributed by atoms with Gasteiger partial charge in [-0.25, -0.2) is 4.79 Å². The standard InChI is InChI=1S/C19H30N4O3S/c1-16-7-6-14-23(15-16)27(25,26)21-18-10-8-17(9-11-18)20-19(24)22-12-4-2-3-5-13-22/h8-11,16,21H,2-7,12-15H2,1H3,(H,20,24). The van der Waals surface area contributed by atoms with Gasteiger partial charge in [-0.05, 0) is 55.9 Å². The first-order valence-corrected chi connectivity index (χ1v) is 11.3. The fourth-order valence-corrected chi connectivity index (χ4v) is 5.06. The van der Waals surface area contributed by atoms with Gasteiger partial charge in [0.1, 0.15) is 0 Å². The van der Waals surface area contributed by atoms with E-state index >= 15 is 0 Å². The number of carbonyl (C=O) groups is 1. The topological polar surface area (TPSA) is 81.8 Å².